The molecule has 1 aliphatic heterocycles. The molecule has 1 aliphatic rings. The first-order chi connectivity index (χ1) is 5.04. The van der Waals surface area contributed by atoms with Crippen LogP contribution in [-0.2, 0) is 4.74 Å². The zero-order chi connectivity index (χ0) is 8.59. The van der Waals surface area contributed by atoms with Crippen LogP contribution in [0.15, 0.2) is 0 Å². The molecular formula is C8H17NO2. The number of nitrogens with two attached hydrogens (primary N) is 1. The van der Waals surface area contributed by atoms with Crippen LogP contribution in [0.1, 0.15) is 20.8 Å². The van der Waals surface area contributed by atoms with Crippen molar-refractivity contribution in [3.8, 4) is 0 Å². The molecule has 1 saturated heterocycles. The van der Waals surface area contributed by atoms with Crippen LogP contribution in [0.4, 0.5) is 0 Å². The maximum atomic E-state index is 9.55. The zero-order valence-corrected chi connectivity index (χ0v) is 7.32. The predicted molar refractivity (Wildman–Crippen MR) is 43.2 cm³/mol. The second kappa shape index (κ2) is 3.09. The fraction of sp³-hybridized carbons (Fsp3) is 1.00. The van der Waals surface area contributed by atoms with Gasteiger partial charge in [-0.05, 0) is 12.8 Å². The van der Waals surface area contributed by atoms with Gasteiger partial charge in [-0.2, -0.15) is 0 Å². The standard InChI is InChI=1S/C8H17NO2/c1-4(2)8-7(10)6(9)5(3)11-8/h4-8,10H,9H2,1-3H3. The maximum Gasteiger partial charge on any atom is 0.0980 e. The van der Waals surface area contributed by atoms with Gasteiger partial charge in [0.15, 0.2) is 0 Å². The number of rotatable bonds is 1. The molecule has 66 valence electrons. The van der Waals surface area contributed by atoms with E-state index in [1.165, 1.54) is 0 Å². The molecule has 3 N–H and O–H groups in total. The van der Waals surface area contributed by atoms with Gasteiger partial charge >= 0.3 is 0 Å². The zero-order valence-electron chi connectivity index (χ0n) is 7.32. The molecule has 0 aliphatic carbocycles. The molecule has 3 heteroatoms. The van der Waals surface area contributed by atoms with Gasteiger partial charge in [-0.3, -0.25) is 0 Å². The van der Waals surface area contributed by atoms with Gasteiger partial charge in [0.1, 0.15) is 0 Å². The minimum Gasteiger partial charge on any atom is -0.389 e. The number of hydrogen-bond donors (Lipinski definition) is 2. The van der Waals surface area contributed by atoms with E-state index in [0.29, 0.717) is 5.92 Å². The van der Waals surface area contributed by atoms with E-state index < -0.39 is 6.10 Å². The Labute approximate surface area is 67.5 Å². The Kier molecular flexibility index (Phi) is 2.52. The average molecular weight is 159 g/mol. The second-order valence-electron chi connectivity index (χ2n) is 3.62. The molecule has 3 nitrogen and oxygen atoms in total. The summed E-state index contributed by atoms with van der Waals surface area (Å²) in [6.45, 7) is 5.95. The molecule has 0 aromatic carbocycles. The van der Waals surface area contributed by atoms with Crippen molar-refractivity contribution in [3.63, 3.8) is 0 Å². The maximum absolute atomic E-state index is 9.55. The Bertz CT molecular complexity index is 138. The lowest BCUT2D eigenvalue weighted by Gasteiger charge is -2.18. The first-order valence-corrected chi connectivity index (χ1v) is 4.13. The Morgan fingerprint density at radius 1 is 1.45 bits per heavy atom. The van der Waals surface area contributed by atoms with Crippen molar-refractivity contribution in [1.29, 1.82) is 0 Å². The third-order valence-electron chi connectivity index (χ3n) is 2.30. The monoisotopic (exact) mass is 159 g/mol. The first kappa shape index (κ1) is 8.97. The van der Waals surface area contributed by atoms with Crippen LogP contribution in [0, 0.1) is 5.92 Å². The van der Waals surface area contributed by atoms with Crippen molar-refractivity contribution >= 4 is 0 Å². The van der Waals surface area contributed by atoms with E-state index in [4.69, 9.17) is 10.5 Å². The summed E-state index contributed by atoms with van der Waals surface area (Å²) in [7, 11) is 0. The lowest BCUT2D eigenvalue weighted by Crippen LogP contribution is -2.40. The van der Waals surface area contributed by atoms with Gasteiger partial charge in [0.05, 0.1) is 24.4 Å². The molecule has 0 radical (unpaired) electrons. The topological polar surface area (TPSA) is 55.5 Å². The highest BCUT2D eigenvalue weighted by atomic mass is 16.5. The van der Waals surface area contributed by atoms with Crippen LogP contribution in [0.25, 0.3) is 0 Å². The van der Waals surface area contributed by atoms with Crippen LogP contribution in [0.5, 0.6) is 0 Å². The van der Waals surface area contributed by atoms with E-state index in [-0.39, 0.29) is 18.2 Å². The van der Waals surface area contributed by atoms with Crippen molar-refractivity contribution in [2.75, 3.05) is 0 Å². The van der Waals surface area contributed by atoms with E-state index in [9.17, 15) is 5.11 Å². The third kappa shape index (κ3) is 1.55. The summed E-state index contributed by atoms with van der Waals surface area (Å²) < 4.78 is 5.47. The Hall–Kier alpha value is -0.120. The molecule has 4 unspecified atom stereocenters. The quantitative estimate of drug-likeness (QED) is 0.571. The summed E-state index contributed by atoms with van der Waals surface area (Å²) >= 11 is 0. The molecule has 1 heterocycles. The smallest absolute Gasteiger partial charge is 0.0980 e. The van der Waals surface area contributed by atoms with Crippen LogP contribution < -0.4 is 5.73 Å². The molecule has 0 aromatic heterocycles. The van der Waals surface area contributed by atoms with E-state index in [2.05, 4.69) is 0 Å². The molecular weight excluding hydrogens is 142 g/mol. The Balaban J connectivity index is 2.59. The number of aliphatic hydroxyl groups is 1. The van der Waals surface area contributed by atoms with Crippen LogP contribution in [0.3, 0.4) is 0 Å². The van der Waals surface area contributed by atoms with Gasteiger partial charge in [-0.25, -0.2) is 0 Å². The highest BCUT2D eigenvalue weighted by molar-refractivity contribution is 4.92. The molecule has 0 saturated carbocycles. The number of hydrogen-bond acceptors (Lipinski definition) is 3. The molecule has 0 aromatic rings. The van der Waals surface area contributed by atoms with Gasteiger partial charge in [0, 0.05) is 0 Å². The largest absolute Gasteiger partial charge is 0.389 e. The molecule has 0 spiro atoms. The van der Waals surface area contributed by atoms with Crippen molar-refractivity contribution in [1.82, 2.24) is 0 Å². The molecule has 0 amide bonds. The van der Waals surface area contributed by atoms with E-state index in [0.717, 1.165) is 0 Å². The average Bonchev–Trinajstić information content (AvgIpc) is 2.17. The number of aliphatic hydroxyl groups excluding tert-OH is 1. The summed E-state index contributed by atoms with van der Waals surface area (Å²) in [6.07, 6.45) is -0.595. The summed E-state index contributed by atoms with van der Waals surface area (Å²) in [5.41, 5.74) is 5.67. The molecule has 1 rings (SSSR count). The van der Waals surface area contributed by atoms with Crippen LogP contribution in [0.2, 0.25) is 0 Å². The minimum absolute atomic E-state index is 0.0163. The van der Waals surface area contributed by atoms with Crippen molar-refractivity contribution in [3.05, 3.63) is 0 Å². The van der Waals surface area contributed by atoms with Crippen LogP contribution in [-0.4, -0.2) is 29.5 Å². The molecule has 0 bridgehead atoms. The predicted octanol–water partition coefficient (Wildman–Crippen LogP) is 0.118. The second-order valence-corrected chi connectivity index (χ2v) is 3.62. The fourth-order valence-corrected chi connectivity index (χ4v) is 1.47. The highest BCUT2D eigenvalue weighted by Gasteiger charge is 2.40. The first-order valence-electron chi connectivity index (χ1n) is 4.13. The molecule has 1 fully saturated rings. The summed E-state index contributed by atoms with van der Waals surface area (Å²) in [5.74, 6) is 0.334. The summed E-state index contributed by atoms with van der Waals surface area (Å²) in [4.78, 5) is 0. The lowest BCUT2D eigenvalue weighted by molar-refractivity contribution is -0.0114. The van der Waals surface area contributed by atoms with E-state index >= 15 is 0 Å². The highest BCUT2D eigenvalue weighted by Crippen LogP contribution is 2.24. The van der Waals surface area contributed by atoms with Gasteiger partial charge in [-0.15, -0.1) is 0 Å². The van der Waals surface area contributed by atoms with Crippen molar-refractivity contribution in [2.45, 2.75) is 45.1 Å². The minimum atomic E-state index is -0.495. The van der Waals surface area contributed by atoms with Gasteiger partial charge in [-0.1, -0.05) is 13.8 Å². The van der Waals surface area contributed by atoms with Gasteiger partial charge in [0.25, 0.3) is 0 Å². The van der Waals surface area contributed by atoms with Crippen molar-refractivity contribution in [2.24, 2.45) is 11.7 Å². The van der Waals surface area contributed by atoms with Crippen LogP contribution >= 0.6 is 0 Å². The van der Waals surface area contributed by atoms with Gasteiger partial charge < -0.3 is 15.6 Å². The SMILES string of the molecule is CC(C)C1OC(C)C(N)C1O. The fourth-order valence-electron chi connectivity index (χ4n) is 1.47. The summed E-state index contributed by atoms with van der Waals surface area (Å²) in [5, 5.41) is 9.55. The Morgan fingerprint density at radius 2 is 2.00 bits per heavy atom. The molecule has 4 atom stereocenters. The van der Waals surface area contributed by atoms with E-state index in [1.54, 1.807) is 0 Å². The van der Waals surface area contributed by atoms with Gasteiger partial charge in [0.2, 0.25) is 0 Å². The normalized spacial score (nSPS) is 45.3. The molecule has 11 heavy (non-hydrogen) atoms. The van der Waals surface area contributed by atoms with Crippen molar-refractivity contribution < 1.29 is 9.84 Å². The lowest BCUT2D eigenvalue weighted by atomic mass is 9.99. The number of ether oxygens (including phenoxy) is 1. The third-order valence-corrected chi connectivity index (χ3v) is 2.30. The summed E-state index contributed by atoms with van der Waals surface area (Å²) in [6, 6.07) is -0.220. The Morgan fingerprint density at radius 3 is 2.18 bits per heavy atom. The van der Waals surface area contributed by atoms with E-state index in [1.807, 2.05) is 20.8 Å².